The fourth-order valence-electron chi connectivity index (χ4n) is 4.58. The van der Waals surface area contributed by atoms with Gasteiger partial charge in [-0.3, -0.25) is 9.78 Å². The van der Waals surface area contributed by atoms with Gasteiger partial charge in [-0.05, 0) is 61.6 Å². The van der Waals surface area contributed by atoms with E-state index in [4.69, 9.17) is 16.6 Å². The first-order chi connectivity index (χ1) is 18.4. The molecule has 9 heteroatoms. The highest BCUT2D eigenvalue weighted by atomic mass is 32.1. The summed E-state index contributed by atoms with van der Waals surface area (Å²) >= 11 is 5.68. The minimum Gasteiger partial charge on any atom is -0.478 e. The molecule has 5 rings (SSSR count). The van der Waals surface area contributed by atoms with E-state index in [-0.39, 0.29) is 23.9 Å². The molecule has 38 heavy (non-hydrogen) atoms. The topological polar surface area (TPSA) is 108 Å². The zero-order valence-corrected chi connectivity index (χ0v) is 21.4. The van der Waals surface area contributed by atoms with Crippen LogP contribution in [0.5, 0.6) is 0 Å². The van der Waals surface area contributed by atoms with Gasteiger partial charge >= 0.3 is 5.97 Å². The van der Waals surface area contributed by atoms with Gasteiger partial charge in [0, 0.05) is 30.4 Å². The molecule has 1 fully saturated rings. The molecular formula is C29H26N4O4S. The standard InChI is InChI=1S/C29H26N4O4S/c1-18-9-11-19(12-10-18)31-25(34)15-17-33-27(26(32-29(33)38)22-8-4-5-16-30-22)24-14-13-23(37-24)20-6-2-3-7-21(20)28(35)36/h2-14,16,26-27H,15,17H2,1H3,(H,31,34)(H,32,38)(H,35,36)/t26-,27-/m1/s1. The van der Waals surface area contributed by atoms with Crippen molar-refractivity contribution in [2.45, 2.75) is 25.4 Å². The smallest absolute Gasteiger partial charge is 0.336 e. The van der Waals surface area contributed by atoms with Gasteiger partial charge in [-0.25, -0.2) is 4.79 Å². The number of thiocarbonyl (C=S) groups is 1. The van der Waals surface area contributed by atoms with E-state index in [2.05, 4.69) is 15.6 Å². The van der Waals surface area contributed by atoms with E-state index in [0.717, 1.165) is 16.9 Å². The summed E-state index contributed by atoms with van der Waals surface area (Å²) in [5.41, 5.74) is 3.26. The van der Waals surface area contributed by atoms with Crippen LogP contribution in [0, 0.1) is 6.92 Å². The van der Waals surface area contributed by atoms with Gasteiger partial charge in [0.15, 0.2) is 5.11 Å². The Kier molecular flexibility index (Phi) is 7.19. The van der Waals surface area contributed by atoms with Crippen molar-refractivity contribution in [3.05, 3.63) is 108 Å². The Morgan fingerprint density at radius 1 is 1.05 bits per heavy atom. The quantitative estimate of drug-likeness (QED) is 0.264. The molecule has 1 aliphatic heterocycles. The van der Waals surface area contributed by atoms with E-state index in [1.165, 1.54) is 0 Å². The van der Waals surface area contributed by atoms with Crippen LogP contribution in [0.3, 0.4) is 0 Å². The summed E-state index contributed by atoms with van der Waals surface area (Å²) in [6.07, 6.45) is 1.92. The number of anilines is 1. The van der Waals surface area contributed by atoms with Gasteiger partial charge in [0.1, 0.15) is 17.6 Å². The number of carbonyl (C=O) groups is 2. The molecule has 0 saturated carbocycles. The van der Waals surface area contributed by atoms with E-state index in [0.29, 0.717) is 28.7 Å². The highest BCUT2D eigenvalue weighted by Gasteiger charge is 2.41. The van der Waals surface area contributed by atoms with Crippen LogP contribution in [0.2, 0.25) is 0 Å². The van der Waals surface area contributed by atoms with Crippen molar-refractivity contribution in [3.8, 4) is 11.3 Å². The summed E-state index contributed by atoms with van der Waals surface area (Å²) in [5.74, 6) is -0.142. The van der Waals surface area contributed by atoms with Crippen molar-refractivity contribution in [1.82, 2.24) is 15.2 Å². The largest absolute Gasteiger partial charge is 0.478 e. The first-order valence-electron chi connectivity index (χ1n) is 12.2. The Bertz CT molecular complexity index is 1470. The summed E-state index contributed by atoms with van der Waals surface area (Å²) in [6, 6.07) is 22.8. The third-order valence-corrected chi connectivity index (χ3v) is 6.81. The van der Waals surface area contributed by atoms with Crippen molar-refractivity contribution in [2.75, 3.05) is 11.9 Å². The Morgan fingerprint density at radius 2 is 1.82 bits per heavy atom. The fourth-order valence-corrected chi connectivity index (χ4v) is 4.91. The van der Waals surface area contributed by atoms with E-state index < -0.39 is 12.0 Å². The molecule has 1 amide bonds. The van der Waals surface area contributed by atoms with Crippen LogP contribution in [-0.2, 0) is 4.79 Å². The number of amides is 1. The molecule has 3 N–H and O–H groups in total. The number of carboxylic acids is 1. The maximum absolute atomic E-state index is 12.8. The number of hydrogen-bond acceptors (Lipinski definition) is 5. The molecule has 0 spiro atoms. The fraction of sp³-hybridized carbons (Fsp3) is 0.172. The highest BCUT2D eigenvalue weighted by Crippen LogP contribution is 2.40. The molecule has 192 valence electrons. The second kappa shape index (κ2) is 10.9. The van der Waals surface area contributed by atoms with E-state index in [9.17, 15) is 14.7 Å². The SMILES string of the molecule is Cc1ccc(NC(=O)CCN2C(=S)N[C@H](c3ccccn3)[C@H]2c2ccc(-c3ccccc3C(=O)O)o2)cc1. The van der Waals surface area contributed by atoms with Crippen LogP contribution in [0.4, 0.5) is 5.69 Å². The number of carbonyl (C=O) groups excluding carboxylic acids is 1. The zero-order chi connectivity index (χ0) is 26.6. The van der Waals surface area contributed by atoms with Crippen molar-refractivity contribution >= 4 is 34.9 Å². The lowest BCUT2D eigenvalue weighted by Gasteiger charge is -2.25. The van der Waals surface area contributed by atoms with Gasteiger partial charge < -0.3 is 25.1 Å². The van der Waals surface area contributed by atoms with Crippen molar-refractivity contribution in [1.29, 1.82) is 0 Å². The molecule has 0 aliphatic carbocycles. The number of hydrogen-bond donors (Lipinski definition) is 3. The molecule has 0 unspecified atom stereocenters. The number of aromatic nitrogens is 1. The summed E-state index contributed by atoms with van der Waals surface area (Å²) < 4.78 is 6.26. The van der Waals surface area contributed by atoms with Gasteiger partial charge in [-0.2, -0.15) is 0 Å². The Balaban J connectivity index is 1.42. The van der Waals surface area contributed by atoms with Crippen LogP contribution in [0.1, 0.15) is 45.9 Å². The normalized spacial score (nSPS) is 16.8. The number of aromatic carboxylic acids is 1. The molecule has 0 radical (unpaired) electrons. The third kappa shape index (κ3) is 5.28. The minimum atomic E-state index is -1.03. The van der Waals surface area contributed by atoms with Crippen LogP contribution in [-0.4, -0.2) is 38.5 Å². The lowest BCUT2D eigenvalue weighted by molar-refractivity contribution is -0.116. The lowest BCUT2D eigenvalue weighted by atomic mass is 10.0. The monoisotopic (exact) mass is 526 g/mol. The van der Waals surface area contributed by atoms with E-state index >= 15 is 0 Å². The molecule has 1 aliphatic rings. The molecule has 2 atom stereocenters. The number of pyridine rings is 1. The van der Waals surface area contributed by atoms with Gasteiger partial charge in [0.2, 0.25) is 5.91 Å². The van der Waals surface area contributed by atoms with E-state index in [1.54, 1.807) is 36.5 Å². The number of nitrogens with one attached hydrogen (secondary N) is 2. The Hall–Kier alpha value is -4.50. The van der Waals surface area contributed by atoms with Crippen molar-refractivity contribution in [3.63, 3.8) is 0 Å². The lowest BCUT2D eigenvalue weighted by Crippen LogP contribution is -2.32. The van der Waals surface area contributed by atoms with Crippen LogP contribution < -0.4 is 10.6 Å². The van der Waals surface area contributed by atoms with Gasteiger partial charge in [-0.1, -0.05) is 42.0 Å². The number of rotatable bonds is 8. The van der Waals surface area contributed by atoms with Crippen molar-refractivity contribution < 1.29 is 19.1 Å². The first-order valence-corrected chi connectivity index (χ1v) is 12.6. The minimum absolute atomic E-state index is 0.132. The molecule has 4 aromatic rings. The molecular weight excluding hydrogens is 500 g/mol. The maximum Gasteiger partial charge on any atom is 0.336 e. The third-order valence-electron chi connectivity index (χ3n) is 6.45. The average Bonchev–Trinajstić information content (AvgIpc) is 3.53. The molecule has 8 nitrogen and oxygen atoms in total. The molecule has 2 aromatic carbocycles. The first kappa shape index (κ1) is 25.2. The number of carboxylic acid groups (broad SMARTS) is 1. The summed E-state index contributed by atoms with van der Waals surface area (Å²) in [7, 11) is 0. The van der Waals surface area contributed by atoms with Gasteiger partial charge in [-0.15, -0.1) is 0 Å². The van der Waals surface area contributed by atoms with Crippen LogP contribution in [0.25, 0.3) is 11.3 Å². The number of nitrogens with zero attached hydrogens (tertiary/aromatic N) is 2. The van der Waals surface area contributed by atoms with Crippen molar-refractivity contribution in [2.24, 2.45) is 0 Å². The maximum atomic E-state index is 12.8. The number of benzene rings is 2. The average molecular weight is 527 g/mol. The number of furan rings is 1. The summed E-state index contributed by atoms with van der Waals surface area (Å²) in [4.78, 5) is 31.0. The summed E-state index contributed by atoms with van der Waals surface area (Å²) in [5, 5.41) is 16.4. The zero-order valence-electron chi connectivity index (χ0n) is 20.6. The Labute approximate surface area is 225 Å². The summed E-state index contributed by atoms with van der Waals surface area (Å²) in [6.45, 7) is 2.34. The Morgan fingerprint density at radius 3 is 2.55 bits per heavy atom. The second-order valence-corrected chi connectivity index (χ2v) is 9.42. The molecule has 0 bridgehead atoms. The van der Waals surface area contributed by atoms with Gasteiger partial charge in [0.05, 0.1) is 17.3 Å². The molecule has 1 saturated heterocycles. The predicted octanol–water partition coefficient (Wildman–Crippen LogP) is 5.35. The van der Waals surface area contributed by atoms with Crippen LogP contribution in [0.15, 0.2) is 89.5 Å². The van der Waals surface area contributed by atoms with E-state index in [1.807, 2.05) is 60.4 Å². The predicted molar refractivity (Wildman–Crippen MR) is 148 cm³/mol. The van der Waals surface area contributed by atoms with Gasteiger partial charge in [0.25, 0.3) is 0 Å². The molecule has 2 aromatic heterocycles. The number of aryl methyl sites for hydroxylation is 1. The highest BCUT2D eigenvalue weighted by molar-refractivity contribution is 7.80. The molecule has 3 heterocycles. The second-order valence-electron chi connectivity index (χ2n) is 9.04. The van der Waals surface area contributed by atoms with Crippen LogP contribution >= 0.6 is 12.2 Å².